The smallest absolute Gasteiger partial charge is 0.296 e. The molecule has 31 heavy (non-hydrogen) atoms. The summed E-state index contributed by atoms with van der Waals surface area (Å²) in [5, 5.41) is 21.9. The van der Waals surface area contributed by atoms with Gasteiger partial charge in [0, 0.05) is 17.7 Å². The van der Waals surface area contributed by atoms with Crippen molar-refractivity contribution in [3.05, 3.63) is 105 Å². The van der Waals surface area contributed by atoms with Gasteiger partial charge in [0.15, 0.2) is 0 Å². The van der Waals surface area contributed by atoms with Gasteiger partial charge < -0.3 is 14.4 Å². The van der Waals surface area contributed by atoms with Crippen LogP contribution in [-0.2, 0) is 16.1 Å². The molecule has 1 N–H and O–H groups in total. The number of benzene rings is 2. The van der Waals surface area contributed by atoms with E-state index < -0.39 is 22.7 Å². The summed E-state index contributed by atoms with van der Waals surface area (Å²) in [5.74, 6) is -1.48. The first-order valence-corrected chi connectivity index (χ1v) is 9.49. The number of aryl methyl sites for hydroxylation is 1. The molecule has 8 nitrogen and oxygen atoms in total. The van der Waals surface area contributed by atoms with Crippen molar-refractivity contribution in [2.75, 3.05) is 0 Å². The molecular weight excluding hydrogens is 400 g/mol. The molecule has 1 aromatic heterocycles. The van der Waals surface area contributed by atoms with E-state index in [4.69, 9.17) is 4.42 Å². The molecule has 0 radical (unpaired) electrons. The minimum Gasteiger partial charge on any atom is -0.507 e. The van der Waals surface area contributed by atoms with Gasteiger partial charge in [0.2, 0.25) is 0 Å². The molecule has 3 aromatic rings. The summed E-state index contributed by atoms with van der Waals surface area (Å²) in [7, 11) is 0. The summed E-state index contributed by atoms with van der Waals surface area (Å²) in [6, 6.07) is 15.0. The average molecular weight is 418 g/mol. The molecule has 1 fully saturated rings. The van der Waals surface area contributed by atoms with E-state index in [-0.39, 0.29) is 29.1 Å². The van der Waals surface area contributed by atoms with Crippen LogP contribution in [-0.4, -0.2) is 26.6 Å². The number of ketones is 1. The summed E-state index contributed by atoms with van der Waals surface area (Å²) in [6.07, 6.45) is 1.48. The first-order chi connectivity index (χ1) is 14.9. The van der Waals surface area contributed by atoms with E-state index in [1.54, 1.807) is 18.2 Å². The van der Waals surface area contributed by atoms with Gasteiger partial charge in [-0.3, -0.25) is 19.7 Å². The maximum Gasteiger partial charge on any atom is 0.296 e. The SMILES string of the molecule is Cc1cccc(C2/C(=C(/O)c3ccc([N+](=O)[O-])cc3)C(=O)C(=O)N2Cc2ccco2)c1. The highest BCUT2D eigenvalue weighted by Gasteiger charge is 2.46. The van der Waals surface area contributed by atoms with Gasteiger partial charge in [-0.15, -0.1) is 0 Å². The number of amides is 1. The van der Waals surface area contributed by atoms with Crippen LogP contribution in [0.5, 0.6) is 0 Å². The summed E-state index contributed by atoms with van der Waals surface area (Å²) in [4.78, 5) is 37.6. The third-order valence-electron chi connectivity index (χ3n) is 5.16. The number of likely N-dealkylation sites (tertiary alicyclic amines) is 1. The molecule has 8 heteroatoms. The number of nitro groups is 1. The van der Waals surface area contributed by atoms with Gasteiger partial charge in [0.25, 0.3) is 17.4 Å². The zero-order chi connectivity index (χ0) is 22.1. The van der Waals surface area contributed by atoms with Crippen LogP contribution in [0.15, 0.2) is 76.9 Å². The number of furan rings is 1. The Bertz CT molecular complexity index is 1200. The predicted octanol–water partition coefficient (Wildman–Crippen LogP) is 4.12. The lowest BCUT2D eigenvalue weighted by molar-refractivity contribution is -0.384. The van der Waals surface area contributed by atoms with Crippen molar-refractivity contribution in [3.8, 4) is 0 Å². The number of carbonyl (C=O) groups excluding carboxylic acids is 2. The second kappa shape index (κ2) is 7.91. The molecule has 1 unspecified atom stereocenters. The zero-order valence-corrected chi connectivity index (χ0v) is 16.5. The fourth-order valence-electron chi connectivity index (χ4n) is 3.70. The lowest BCUT2D eigenvalue weighted by Crippen LogP contribution is -2.29. The molecule has 4 rings (SSSR count). The van der Waals surface area contributed by atoms with E-state index >= 15 is 0 Å². The molecule has 156 valence electrons. The number of aliphatic hydroxyl groups excluding tert-OH is 1. The van der Waals surface area contributed by atoms with Crippen molar-refractivity contribution in [2.45, 2.75) is 19.5 Å². The van der Waals surface area contributed by atoms with Crippen LogP contribution in [0.1, 0.15) is 28.5 Å². The molecule has 1 atom stereocenters. The lowest BCUT2D eigenvalue weighted by Gasteiger charge is -2.24. The highest BCUT2D eigenvalue weighted by atomic mass is 16.6. The van der Waals surface area contributed by atoms with Crippen molar-refractivity contribution in [3.63, 3.8) is 0 Å². The molecule has 1 amide bonds. The van der Waals surface area contributed by atoms with Crippen LogP contribution in [0.25, 0.3) is 5.76 Å². The van der Waals surface area contributed by atoms with E-state index in [1.807, 2.05) is 25.1 Å². The minimum absolute atomic E-state index is 0.0488. The second-order valence-corrected chi connectivity index (χ2v) is 7.22. The molecule has 0 spiro atoms. The third-order valence-corrected chi connectivity index (χ3v) is 5.16. The number of carbonyl (C=O) groups is 2. The summed E-state index contributed by atoms with van der Waals surface area (Å²) < 4.78 is 5.36. The maximum absolute atomic E-state index is 13.0. The number of non-ortho nitro benzene ring substituents is 1. The van der Waals surface area contributed by atoms with Gasteiger partial charge in [0.1, 0.15) is 11.5 Å². The standard InChI is InChI=1S/C23H18N2O6/c1-14-4-2-5-16(12-14)20-19(21(26)15-7-9-17(10-8-15)25(29)30)22(27)23(28)24(20)13-18-6-3-11-31-18/h2-12,20,26H,13H2,1H3/b21-19-. The summed E-state index contributed by atoms with van der Waals surface area (Å²) in [5.41, 5.74) is 1.57. The quantitative estimate of drug-likeness (QED) is 0.219. The number of nitrogens with zero attached hydrogens (tertiary/aromatic N) is 2. The fraction of sp³-hybridized carbons (Fsp3) is 0.130. The normalized spacial score (nSPS) is 17.8. The summed E-state index contributed by atoms with van der Waals surface area (Å²) >= 11 is 0. The second-order valence-electron chi connectivity index (χ2n) is 7.22. The number of hydrogen-bond donors (Lipinski definition) is 1. The van der Waals surface area contributed by atoms with Crippen molar-refractivity contribution in [2.24, 2.45) is 0 Å². The number of hydrogen-bond acceptors (Lipinski definition) is 6. The monoisotopic (exact) mass is 418 g/mol. The van der Waals surface area contributed by atoms with E-state index in [0.29, 0.717) is 11.3 Å². The van der Waals surface area contributed by atoms with Gasteiger partial charge in [-0.05, 0) is 36.8 Å². The van der Waals surface area contributed by atoms with E-state index in [0.717, 1.165) is 5.56 Å². The number of rotatable bonds is 5. The van der Waals surface area contributed by atoms with Gasteiger partial charge in [-0.25, -0.2) is 0 Å². The van der Waals surface area contributed by atoms with Crippen molar-refractivity contribution >= 4 is 23.1 Å². The minimum atomic E-state index is -0.833. The molecule has 0 bridgehead atoms. The molecule has 0 saturated carbocycles. The molecule has 2 aromatic carbocycles. The van der Waals surface area contributed by atoms with E-state index in [1.165, 1.54) is 35.4 Å². The van der Waals surface area contributed by atoms with Crippen LogP contribution in [0.2, 0.25) is 0 Å². The van der Waals surface area contributed by atoms with Crippen LogP contribution in [0.4, 0.5) is 5.69 Å². The number of aliphatic hydroxyl groups is 1. The van der Waals surface area contributed by atoms with Crippen LogP contribution in [0.3, 0.4) is 0 Å². The Morgan fingerprint density at radius 1 is 1.13 bits per heavy atom. The van der Waals surface area contributed by atoms with E-state index in [9.17, 15) is 24.8 Å². The molecular formula is C23H18N2O6. The zero-order valence-electron chi connectivity index (χ0n) is 16.5. The Morgan fingerprint density at radius 3 is 2.48 bits per heavy atom. The van der Waals surface area contributed by atoms with Crippen LogP contribution >= 0.6 is 0 Å². The Balaban J connectivity index is 1.85. The molecule has 0 aliphatic carbocycles. The summed E-state index contributed by atoms with van der Waals surface area (Å²) in [6.45, 7) is 1.94. The van der Waals surface area contributed by atoms with Crippen molar-refractivity contribution in [1.29, 1.82) is 0 Å². The van der Waals surface area contributed by atoms with Gasteiger partial charge in [-0.1, -0.05) is 29.8 Å². The van der Waals surface area contributed by atoms with Gasteiger partial charge in [-0.2, -0.15) is 0 Å². The molecule has 2 heterocycles. The lowest BCUT2D eigenvalue weighted by atomic mass is 9.94. The Morgan fingerprint density at radius 2 is 1.87 bits per heavy atom. The van der Waals surface area contributed by atoms with Gasteiger partial charge >= 0.3 is 0 Å². The maximum atomic E-state index is 13.0. The van der Waals surface area contributed by atoms with Crippen LogP contribution < -0.4 is 0 Å². The van der Waals surface area contributed by atoms with Gasteiger partial charge in [0.05, 0.1) is 29.3 Å². The first kappa shape index (κ1) is 20.1. The van der Waals surface area contributed by atoms with Crippen molar-refractivity contribution in [1.82, 2.24) is 4.90 Å². The largest absolute Gasteiger partial charge is 0.507 e. The first-order valence-electron chi connectivity index (χ1n) is 9.49. The Labute approximate surface area is 177 Å². The average Bonchev–Trinajstić information content (AvgIpc) is 3.36. The fourth-order valence-corrected chi connectivity index (χ4v) is 3.70. The number of nitro benzene ring substituents is 1. The van der Waals surface area contributed by atoms with Crippen molar-refractivity contribution < 1.29 is 24.0 Å². The highest BCUT2D eigenvalue weighted by Crippen LogP contribution is 2.40. The molecule has 1 saturated heterocycles. The predicted molar refractivity (Wildman–Crippen MR) is 111 cm³/mol. The third kappa shape index (κ3) is 3.71. The highest BCUT2D eigenvalue weighted by molar-refractivity contribution is 6.46. The Kier molecular flexibility index (Phi) is 5.12. The van der Waals surface area contributed by atoms with E-state index in [2.05, 4.69) is 0 Å². The molecule has 1 aliphatic rings. The Hall–Kier alpha value is -4.20. The van der Waals surface area contributed by atoms with Crippen LogP contribution in [0, 0.1) is 17.0 Å². The topological polar surface area (TPSA) is 114 Å². The number of Topliss-reactive ketones (excluding diaryl/α,β-unsaturated/α-hetero) is 1. The molecule has 1 aliphatic heterocycles.